The fourth-order valence-corrected chi connectivity index (χ4v) is 1.75. The van der Waals surface area contributed by atoms with Gasteiger partial charge in [0.1, 0.15) is 0 Å². The molecule has 0 amide bonds. The number of nitrogens with zero attached hydrogens (tertiary/aromatic N) is 2. The number of imidazole rings is 1. The lowest BCUT2D eigenvalue weighted by atomic mass is 10.2. The molecule has 0 radical (unpaired) electrons. The maximum Gasteiger partial charge on any atom is 0.0954 e. The monoisotopic (exact) mass is 264 g/mol. The molecule has 0 saturated carbocycles. The van der Waals surface area contributed by atoms with E-state index in [4.69, 9.17) is 0 Å². The molecule has 0 spiro atoms. The number of aromatic nitrogens is 2. The van der Waals surface area contributed by atoms with Gasteiger partial charge in [-0.2, -0.15) is 0 Å². The second kappa shape index (κ2) is 4.19. The highest BCUT2D eigenvalue weighted by atomic mass is 79.9. The summed E-state index contributed by atoms with van der Waals surface area (Å²) in [4.78, 5) is 4.28. The highest BCUT2D eigenvalue weighted by Crippen LogP contribution is 2.13. The van der Waals surface area contributed by atoms with Crippen LogP contribution in [0.15, 0.2) is 35.1 Å². The van der Waals surface area contributed by atoms with Crippen LogP contribution in [0.1, 0.15) is 17.0 Å². The summed E-state index contributed by atoms with van der Waals surface area (Å²) < 4.78 is 3.28. The van der Waals surface area contributed by atoms with Crippen molar-refractivity contribution in [2.24, 2.45) is 0 Å². The van der Waals surface area contributed by atoms with Gasteiger partial charge in [0.05, 0.1) is 12.0 Å². The molecule has 3 heteroatoms. The predicted octanol–water partition coefficient (Wildman–Crippen LogP) is 3.31. The molecule has 0 aliphatic rings. The summed E-state index contributed by atoms with van der Waals surface area (Å²) in [7, 11) is 0. The number of aryl methyl sites for hydroxylation is 1. The van der Waals surface area contributed by atoms with Crippen LogP contribution in [0.2, 0.25) is 0 Å². The van der Waals surface area contributed by atoms with Crippen molar-refractivity contribution in [1.29, 1.82) is 0 Å². The number of halogens is 1. The summed E-state index contributed by atoms with van der Waals surface area (Å²) in [6.45, 7) is 5.02. The third-order valence-electron chi connectivity index (χ3n) is 2.61. The highest BCUT2D eigenvalue weighted by Gasteiger charge is 2.02. The quantitative estimate of drug-likeness (QED) is 0.814. The van der Waals surface area contributed by atoms with Crippen molar-refractivity contribution >= 4 is 15.9 Å². The second-order valence-corrected chi connectivity index (χ2v) is 4.59. The zero-order chi connectivity index (χ0) is 10.8. The maximum atomic E-state index is 4.28. The lowest BCUT2D eigenvalue weighted by Crippen LogP contribution is -2.00. The second-order valence-electron chi connectivity index (χ2n) is 3.67. The van der Waals surface area contributed by atoms with Crippen molar-refractivity contribution in [2.75, 3.05) is 0 Å². The van der Waals surface area contributed by atoms with Crippen LogP contribution in [0, 0.1) is 13.8 Å². The van der Waals surface area contributed by atoms with Crippen LogP contribution >= 0.6 is 15.9 Å². The summed E-state index contributed by atoms with van der Waals surface area (Å²) in [6, 6.07) is 8.38. The molecule has 1 heterocycles. The summed E-state index contributed by atoms with van der Waals surface area (Å²) in [5.74, 6) is 0. The van der Waals surface area contributed by atoms with Crippen molar-refractivity contribution in [3.63, 3.8) is 0 Å². The Morgan fingerprint density at radius 2 is 1.87 bits per heavy atom. The number of hydrogen-bond acceptors (Lipinski definition) is 1. The zero-order valence-corrected chi connectivity index (χ0v) is 10.5. The van der Waals surface area contributed by atoms with Gasteiger partial charge in [-0.25, -0.2) is 4.98 Å². The van der Waals surface area contributed by atoms with E-state index in [1.807, 2.05) is 13.3 Å². The fourth-order valence-electron chi connectivity index (χ4n) is 1.49. The molecule has 2 nitrogen and oxygen atoms in total. The van der Waals surface area contributed by atoms with Crippen molar-refractivity contribution in [2.45, 2.75) is 20.4 Å². The summed E-state index contributed by atoms with van der Waals surface area (Å²) in [5, 5.41) is 0. The van der Waals surface area contributed by atoms with E-state index < -0.39 is 0 Å². The van der Waals surface area contributed by atoms with Crippen molar-refractivity contribution < 1.29 is 0 Å². The molecule has 0 N–H and O–H groups in total. The van der Waals surface area contributed by atoms with Gasteiger partial charge in [0.15, 0.2) is 0 Å². The number of hydrogen-bond donors (Lipinski definition) is 0. The van der Waals surface area contributed by atoms with E-state index in [2.05, 4.69) is 56.7 Å². The average Bonchev–Trinajstić information content (AvgIpc) is 2.53. The van der Waals surface area contributed by atoms with Crippen molar-refractivity contribution in [3.8, 4) is 0 Å². The van der Waals surface area contributed by atoms with Gasteiger partial charge in [-0.1, -0.05) is 28.1 Å². The lowest BCUT2D eigenvalue weighted by Gasteiger charge is -2.05. The van der Waals surface area contributed by atoms with Crippen LogP contribution in [-0.2, 0) is 6.54 Å². The lowest BCUT2D eigenvalue weighted by molar-refractivity contribution is 0.768. The molecule has 2 aromatic rings. The summed E-state index contributed by atoms with van der Waals surface area (Å²) in [5.41, 5.74) is 3.63. The van der Waals surface area contributed by atoms with Crippen LogP contribution in [0.3, 0.4) is 0 Å². The molecule has 0 aliphatic carbocycles. The molecule has 78 valence electrons. The van der Waals surface area contributed by atoms with E-state index in [9.17, 15) is 0 Å². The predicted molar refractivity (Wildman–Crippen MR) is 64.9 cm³/mol. The first-order valence-corrected chi connectivity index (χ1v) is 5.69. The maximum absolute atomic E-state index is 4.28. The first kappa shape index (κ1) is 10.4. The van der Waals surface area contributed by atoms with Gasteiger partial charge >= 0.3 is 0 Å². The van der Waals surface area contributed by atoms with Crippen LogP contribution in [0.4, 0.5) is 0 Å². The SMILES string of the molecule is Cc1ncn(Cc2ccc(Br)cc2)c1C. The minimum absolute atomic E-state index is 0.889. The Hall–Kier alpha value is -1.09. The topological polar surface area (TPSA) is 17.8 Å². The van der Waals surface area contributed by atoms with E-state index in [0.29, 0.717) is 0 Å². The Morgan fingerprint density at radius 1 is 1.20 bits per heavy atom. The minimum Gasteiger partial charge on any atom is -0.330 e. The van der Waals surface area contributed by atoms with Crippen LogP contribution < -0.4 is 0 Å². The van der Waals surface area contributed by atoms with E-state index in [1.54, 1.807) is 0 Å². The van der Waals surface area contributed by atoms with Crippen LogP contribution in [-0.4, -0.2) is 9.55 Å². The molecule has 1 aromatic heterocycles. The first-order valence-electron chi connectivity index (χ1n) is 4.89. The molecule has 0 unspecified atom stereocenters. The molecular weight excluding hydrogens is 252 g/mol. The number of benzene rings is 1. The highest BCUT2D eigenvalue weighted by molar-refractivity contribution is 9.10. The van der Waals surface area contributed by atoms with Gasteiger partial charge in [0.2, 0.25) is 0 Å². The summed E-state index contributed by atoms with van der Waals surface area (Å²) in [6.07, 6.45) is 1.90. The van der Waals surface area contributed by atoms with Gasteiger partial charge in [0.25, 0.3) is 0 Å². The van der Waals surface area contributed by atoms with Gasteiger partial charge in [0, 0.05) is 16.7 Å². The van der Waals surface area contributed by atoms with Crippen LogP contribution in [0.25, 0.3) is 0 Å². The van der Waals surface area contributed by atoms with Crippen LogP contribution in [0.5, 0.6) is 0 Å². The van der Waals surface area contributed by atoms with Crippen molar-refractivity contribution in [3.05, 3.63) is 52.0 Å². The Bertz CT molecular complexity index is 457. The van der Waals surface area contributed by atoms with E-state index in [0.717, 1.165) is 16.7 Å². The third-order valence-corrected chi connectivity index (χ3v) is 3.14. The van der Waals surface area contributed by atoms with E-state index >= 15 is 0 Å². The zero-order valence-electron chi connectivity index (χ0n) is 8.87. The molecular formula is C12H13BrN2. The third kappa shape index (κ3) is 2.29. The first-order chi connectivity index (χ1) is 7.16. The molecule has 2 rings (SSSR count). The number of rotatable bonds is 2. The Morgan fingerprint density at radius 3 is 2.40 bits per heavy atom. The molecule has 0 bridgehead atoms. The standard InChI is InChI=1S/C12H13BrN2/c1-9-10(2)15(8-14-9)7-11-3-5-12(13)6-4-11/h3-6,8H,7H2,1-2H3. The van der Waals surface area contributed by atoms with E-state index in [1.165, 1.54) is 11.3 Å². The Balaban J connectivity index is 2.22. The van der Waals surface area contributed by atoms with Gasteiger partial charge in [-0.3, -0.25) is 0 Å². The minimum atomic E-state index is 0.889. The summed E-state index contributed by atoms with van der Waals surface area (Å²) >= 11 is 3.43. The van der Waals surface area contributed by atoms with Gasteiger partial charge < -0.3 is 4.57 Å². The Labute approximate surface area is 98.1 Å². The molecule has 15 heavy (non-hydrogen) atoms. The average molecular weight is 265 g/mol. The molecule has 0 aliphatic heterocycles. The Kier molecular flexibility index (Phi) is 2.91. The van der Waals surface area contributed by atoms with Crippen molar-refractivity contribution in [1.82, 2.24) is 9.55 Å². The normalized spacial score (nSPS) is 10.6. The molecule has 0 saturated heterocycles. The largest absolute Gasteiger partial charge is 0.330 e. The van der Waals surface area contributed by atoms with Gasteiger partial charge in [-0.05, 0) is 31.5 Å². The van der Waals surface area contributed by atoms with Gasteiger partial charge in [-0.15, -0.1) is 0 Å². The molecule has 1 aromatic carbocycles. The fraction of sp³-hybridized carbons (Fsp3) is 0.250. The molecule has 0 atom stereocenters. The smallest absolute Gasteiger partial charge is 0.0954 e. The van der Waals surface area contributed by atoms with E-state index in [-0.39, 0.29) is 0 Å². The molecule has 0 fully saturated rings.